The monoisotopic (exact) mass is 441 g/mol. The zero-order valence-corrected chi connectivity index (χ0v) is 18.8. The van der Waals surface area contributed by atoms with Gasteiger partial charge in [-0.25, -0.2) is 0 Å². The Morgan fingerprint density at radius 2 is 1.94 bits per heavy atom. The molecule has 8 nitrogen and oxygen atoms in total. The lowest BCUT2D eigenvalue weighted by molar-refractivity contribution is -0.118. The third-order valence-corrected chi connectivity index (χ3v) is 5.45. The van der Waals surface area contributed by atoms with Crippen LogP contribution < -0.4 is 14.8 Å². The Kier molecular flexibility index (Phi) is 8.28. The Balaban J connectivity index is 1.48. The molecule has 0 saturated heterocycles. The highest BCUT2D eigenvalue weighted by Gasteiger charge is 2.13. The van der Waals surface area contributed by atoms with Crippen LogP contribution in [0, 0.1) is 0 Å². The second-order valence-corrected chi connectivity index (χ2v) is 7.59. The summed E-state index contributed by atoms with van der Waals surface area (Å²) in [6.45, 7) is 5.58. The first kappa shape index (κ1) is 22.6. The molecule has 0 aliphatic rings. The first-order valence-electron chi connectivity index (χ1n) is 10.2. The lowest BCUT2D eigenvalue weighted by Gasteiger charge is -2.12. The maximum absolute atomic E-state index is 12.3. The van der Waals surface area contributed by atoms with Crippen LogP contribution in [0.5, 0.6) is 11.5 Å². The van der Waals surface area contributed by atoms with Crippen molar-refractivity contribution >= 4 is 17.7 Å². The molecule has 0 saturated carbocycles. The highest BCUT2D eigenvalue weighted by Crippen LogP contribution is 2.28. The van der Waals surface area contributed by atoms with Crippen LogP contribution in [0.3, 0.4) is 0 Å². The molecule has 2 heterocycles. The molecule has 1 amide bonds. The number of nitrogens with one attached hydrogen (secondary N) is 1. The van der Waals surface area contributed by atoms with Crippen molar-refractivity contribution in [2.45, 2.75) is 25.4 Å². The quantitative estimate of drug-likeness (QED) is 0.457. The number of carbonyl (C=O) groups is 1. The average molecular weight is 442 g/mol. The van der Waals surface area contributed by atoms with Crippen molar-refractivity contribution in [3.8, 4) is 22.9 Å². The first-order valence-corrected chi connectivity index (χ1v) is 11.2. The molecule has 2 aromatic heterocycles. The van der Waals surface area contributed by atoms with Crippen molar-refractivity contribution in [3.63, 3.8) is 0 Å². The molecule has 0 unspecified atom stereocenters. The standard InChI is InChI=1S/C22H27N5O3S/c1-4-29-18-9-8-16(13-19(18)30-5-2)10-12-24-20(28)15-31-22-26-25-21(27(22)3)17-7-6-11-23-14-17/h6-9,11,13-14H,4-5,10,12,15H2,1-3H3,(H,24,28). The zero-order chi connectivity index (χ0) is 22.1. The van der Waals surface area contributed by atoms with Gasteiger partial charge in [-0.1, -0.05) is 17.8 Å². The molecular weight excluding hydrogens is 414 g/mol. The van der Waals surface area contributed by atoms with Crippen molar-refractivity contribution in [2.24, 2.45) is 7.05 Å². The van der Waals surface area contributed by atoms with Gasteiger partial charge in [0.25, 0.3) is 0 Å². The maximum Gasteiger partial charge on any atom is 0.230 e. The number of benzene rings is 1. The van der Waals surface area contributed by atoms with Gasteiger partial charge in [0.2, 0.25) is 5.91 Å². The summed E-state index contributed by atoms with van der Waals surface area (Å²) in [5.74, 6) is 2.41. The van der Waals surface area contributed by atoms with E-state index in [1.165, 1.54) is 11.8 Å². The third-order valence-electron chi connectivity index (χ3n) is 4.43. The number of hydrogen-bond acceptors (Lipinski definition) is 7. The molecule has 0 aliphatic heterocycles. The SMILES string of the molecule is CCOc1ccc(CCNC(=O)CSc2nnc(-c3cccnc3)n2C)cc1OCC. The van der Waals surface area contributed by atoms with E-state index in [9.17, 15) is 4.79 Å². The van der Waals surface area contributed by atoms with Gasteiger partial charge >= 0.3 is 0 Å². The molecular formula is C22H27N5O3S. The number of nitrogens with zero attached hydrogens (tertiary/aromatic N) is 4. The lowest BCUT2D eigenvalue weighted by atomic mass is 10.1. The fraction of sp³-hybridized carbons (Fsp3) is 0.364. The topological polar surface area (TPSA) is 91.2 Å². The van der Waals surface area contributed by atoms with Gasteiger partial charge in [0.05, 0.1) is 19.0 Å². The Morgan fingerprint density at radius 3 is 2.68 bits per heavy atom. The molecule has 0 fully saturated rings. The third kappa shape index (κ3) is 6.21. The Morgan fingerprint density at radius 1 is 1.13 bits per heavy atom. The van der Waals surface area contributed by atoms with E-state index in [1.807, 2.05) is 55.8 Å². The first-order chi connectivity index (χ1) is 15.1. The van der Waals surface area contributed by atoms with Crippen LogP contribution in [0.2, 0.25) is 0 Å². The predicted octanol–water partition coefficient (Wildman–Crippen LogP) is 3.13. The number of amides is 1. The van der Waals surface area contributed by atoms with Crippen molar-refractivity contribution in [1.82, 2.24) is 25.1 Å². The number of pyridine rings is 1. The van der Waals surface area contributed by atoms with Crippen LogP contribution in [0.15, 0.2) is 47.9 Å². The molecule has 0 atom stereocenters. The van der Waals surface area contributed by atoms with E-state index in [1.54, 1.807) is 12.4 Å². The molecule has 31 heavy (non-hydrogen) atoms. The van der Waals surface area contributed by atoms with Gasteiger partial charge in [0, 0.05) is 31.5 Å². The van der Waals surface area contributed by atoms with E-state index in [4.69, 9.17) is 9.47 Å². The van der Waals surface area contributed by atoms with E-state index in [2.05, 4.69) is 20.5 Å². The molecule has 1 aromatic carbocycles. The van der Waals surface area contributed by atoms with E-state index in [0.717, 1.165) is 28.5 Å². The summed E-state index contributed by atoms with van der Waals surface area (Å²) in [6, 6.07) is 9.65. The van der Waals surface area contributed by atoms with Crippen molar-refractivity contribution < 1.29 is 14.3 Å². The second kappa shape index (κ2) is 11.4. The summed E-state index contributed by atoms with van der Waals surface area (Å²) in [4.78, 5) is 16.4. The van der Waals surface area contributed by atoms with E-state index >= 15 is 0 Å². The van der Waals surface area contributed by atoms with Crippen LogP contribution in [0.1, 0.15) is 19.4 Å². The predicted molar refractivity (Wildman–Crippen MR) is 120 cm³/mol. The van der Waals surface area contributed by atoms with Gasteiger partial charge in [0.1, 0.15) is 0 Å². The van der Waals surface area contributed by atoms with Crippen molar-refractivity contribution in [1.29, 1.82) is 0 Å². The highest BCUT2D eigenvalue weighted by molar-refractivity contribution is 7.99. The van der Waals surface area contributed by atoms with Gasteiger partial charge in [-0.3, -0.25) is 9.78 Å². The van der Waals surface area contributed by atoms with E-state index in [-0.39, 0.29) is 11.7 Å². The Hall–Kier alpha value is -3.07. The lowest BCUT2D eigenvalue weighted by Crippen LogP contribution is -2.27. The highest BCUT2D eigenvalue weighted by atomic mass is 32.2. The number of carbonyl (C=O) groups excluding carboxylic acids is 1. The minimum Gasteiger partial charge on any atom is -0.490 e. The van der Waals surface area contributed by atoms with Gasteiger partial charge in [-0.05, 0) is 50.1 Å². The van der Waals surface area contributed by atoms with Gasteiger partial charge in [0.15, 0.2) is 22.5 Å². The minimum atomic E-state index is -0.0492. The van der Waals surface area contributed by atoms with Crippen LogP contribution in [-0.2, 0) is 18.3 Å². The fourth-order valence-corrected chi connectivity index (χ4v) is 3.71. The smallest absolute Gasteiger partial charge is 0.230 e. The van der Waals surface area contributed by atoms with Crippen LogP contribution in [-0.4, -0.2) is 51.2 Å². The second-order valence-electron chi connectivity index (χ2n) is 6.64. The van der Waals surface area contributed by atoms with Crippen LogP contribution in [0.25, 0.3) is 11.4 Å². The van der Waals surface area contributed by atoms with Gasteiger partial charge in [-0.2, -0.15) is 0 Å². The molecule has 9 heteroatoms. The summed E-state index contributed by atoms with van der Waals surface area (Å²) < 4.78 is 13.1. The number of thioether (sulfide) groups is 1. The molecule has 0 bridgehead atoms. The number of aromatic nitrogens is 4. The average Bonchev–Trinajstić information content (AvgIpc) is 3.15. The van der Waals surface area contributed by atoms with Gasteiger partial charge < -0.3 is 19.4 Å². The number of ether oxygens (including phenoxy) is 2. The number of hydrogen-bond donors (Lipinski definition) is 1. The molecule has 3 rings (SSSR count). The van der Waals surface area contributed by atoms with Crippen molar-refractivity contribution in [3.05, 3.63) is 48.3 Å². The summed E-state index contributed by atoms with van der Waals surface area (Å²) in [7, 11) is 1.88. The molecule has 3 aromatic rings. The Bertz CT molecular complexity index is 994. The summed E-state index contributed by atoms with van der Waals surface area (Å²) >= 11 is 1.35. The molecule has 164 valence electrons. The zero-order valence-electron chi connectivity index (χ0n) is 18.0. The van der Waals surface area contributed by atoms with Gasteiger partial charge in [-0.15, -0.1) is 10.2 Å². The van der Waals surface area contributed by atoms with E-state index < -0.39 is 0 Å². The van der Waals surface area contributed by atoms with Crippen molar-refractivity contribution in [2.75, 3.05) is 25.5 Å². The molecule has 1 N–H and O–H groups in total. The summed E-state index contributed by atoms with van der Waals surface area (Å²) in [5, 5.41) is 12.0. The maximum atomic E-state index is 12.3. The minimum absolute atomic E-state index is 0.0492. The van der Waals surface area contributed by atoms with Crippen LogP contribution >= 0.6 is 11.8 Å². The molecule has 0 spiro atoms. The van der Waals surface area contributed by atoms with E-state index in [0.29, 0.717) is 31.3 Å². The molecule has 0 radical (unpaired) electrons. The normalized spacial score (nSPS) is 10.7. The fourth-order valence-electron chi connectivity index (χ4n) is 2.97. The Labute approximate surface area is 186 Å². The largest absolute Gasteiger partial charge is 0.490 e. The summed E-state index contributed by atoms with van der Waals surface area (Å²) in [6.07, 6.45) is 4.16. The number of rotatable bonds is 11. The van der Waals surface area contributed by atoms with Crippen LogP contribution in [0.4, 0.5) is 0 Å². The summed E-state index contributed by atoms with van der Waals surface area (Å²) in [5.41, 5.74) is 1.96. The molecule has 0 aliphatic carbocycles.